The van der Waals surface area contributed by atoms with Gasteiger partial charge < -0.3 is 14.8 Å². The Balaban J connectivity index is 1.51. The van der Waals surface area contributed by atoms with E-state index in [1.807, 2.05) is 13.0 Å². The Morgan fingerprint density at radius 1 is 1.17 bits per heavy atom. The SMILES string of the molecule is COc1ccccc1C(=O)NCCC(=O)OCc1cc(=O)n2cc(C)ccc2n1. The van der Waals surface area contributed by atoms with Gasteiger partial charge in [0.15, 0.2) is 0 Å². The van der Waals surface area contributed by atoms with Crippen molar-refractivity contribution in [1.29, 1.82) is 0 Å². The summed E-state index contributed by atoms with van der Waals surface area (Å²) in [7, 11) is 1.48. The molecule has 8 heteroatoms. The van der Waals surface area contributed by atoms with Crippen LogP contribution in [0.25, 0.3) is 5.65 Å². The lowest BCUT2D eigenvalue weighted by atomic mass is 10.2. The first-order chi connectivity index (χ1) is 14.0. The van der Waals surface area contributed by atoms with Gasteiger partial charge in [-0.05, 0) is 30.7 Å². The number of aryl methyl sites for hydroxylation is 1. The number of pyridine rings is 1. The molecule has 0 radical (unpaired) electrons. The first kappa shape index (κ1) is 20.1. The number of carbonyl (C=O) groups is 2. The summed E-state index contributed by atoms with van der Waals surface area (Å²) in [5, 5.41) is 2.65. The number of para-hydroxylation sites is 1. The largest absolute Gasteiger partial charge is 0.496 e. The molecule has 0 spiro atoms. The van der Waals surface area contributed by atoms with Crippen molar-refractivity contribution in [3.8, 4) is 5.75 Å². The third-order valence-corrected chi connectivity index (χ3v) is 4.21. The Kier molecular flexibility index (Phi) is 6.23. The summed E-state index contributed by atoms with van der Waals surface area (Å²) in [6, 6.07) is 11.7. The second-order valence-corrected chi connectivity index (χ2v) is 6.39. The van der Waals surface area contributed by atoms with Crippen molar-refractivity contribution in [3.05, 3.63) is 75.8 Å². The standard InChI is InChI=1S/C21H21N3O5/c1-14-7-8-18-23-15(11-19(25)24(18)12-14)13-29-20(26)9-10-22-21(27)16-5-3-4-6-17(16)28-2/h3-8,11-12H,9-10,13H2,1-2H3,(H,22,27). The fraction of sp³-hybridized carbons (Fsp3) is 0.238. The van der Waals surface area contributed by atoms with Crippen LogP contribution in [0.4, 0.5) is 0 Å². The van der Waals surface area contributed by atoms with E-state index in [4.69, 9.17) is 9.47 Å². The molecule has 0 saturated carbocycles. The van der Waals surface area contributed by atoms with Crippen LogP contribution < -0.4 is 15.6 Å². The molecule has 150 valence electrons. The zero-order valence-electron chi connectivity index (χ0n) is 16.2. The van der Waals surface area contributed by atoms with Gasteiger partial charge in [0.25, 0.3) is 11.5 Å². The summed E-state index contributed by atoms with van der Waals surface area (Å²) >= 11 is 0. The molecule has 0 aliphatic carbocycles. The van der Waals surface area contributed by atoms with Crippen LogP contribution in [0.15, 0.2) is 53.5 Å². The molecule has 0 aliphatic heterocycles. The van der Waals surface area contributed by atoms with Crippen LogP contribution >= 0.6 is 0 Å². The predicted molar refractivity (Wildman–Crippen MR) is 106 cm³/mol. The third kappa shape index (κ3) is 4.98. The number of nitrogens with one attached hydrogen (secondary N) is 1. The molecule has 1 amide bonds. The maximum Gasteiger partial charge on any atom is 0.307 e. The third-order valence-electron chi connectivity index (χ3n) is 4.21. The summed E-state index contributed by atoms with van der Waals surface area (Å²) in [6.07, 6.45) is 1.69. The smallest absolute Gasteiger partial charge is 0.307 e. The van der Waals surface area contributed by atoms with E-state index in [2.05, 4.69) is 10.3 Å². The van der Waals surface area contributed by atoms with Gasteiger partial charge in [0.1, 0.15) is 18.0 Å². The zero-order valence-corrected chi connectivity index (χ0v) is 16.2. The molecule has 0 aliphatic rings. The van der Waals surface area contributed by atoms with E-state index >= 15 is 0 Å². The maximum absolute atomic E-state index is 12.2. The highest BCUT2D eigenvalue weighted by Gasteiger charge is 2.12. The molecule has 2 aromatic heterocycles. The van der Waals surface area contributed by atoms with Crippen LogP contribution in [0.5, 0.6) is 5.75 Å². The number of methoxy groups -OCH3 is 1. The Labute approximate surface area is 167 Å². The second kappa shape index (κ2) is 9.01. The zero-order chi connectivity index (χ0) is 20.8. The van der Waals surface area contributed by atoms with Gasteiger partial charge in [-0.1, -0.05) is 18.2 Å². The molecule has 0 fully saturated rings. The molecule has 2 heterocycles. The van der Waals surface area contributed by atoms with Crippen LogP contribution in [0.3, 0.4) is 0 Å². The second-order valence-electron chi connectivity index (χ2n) is 6.39. The average Bonchev–Trinajstić information content (AvgIpc) is 2.72. The first-order valence-corrected chi connectivity index (χ1v) is 9.03. The lowest BCUT2D eigenvalue weighted by Crippen LogP contribution is -2.27. The Hall–Kier alpha value is -3.68. The van der Waals surface area contributed by atoms with Crippen molar-refractivity contribution in [2.24, 2.45) is 0 Å². The molecule has 1 aromatic carbocycles. The highest BCUT2D eigenvalue weighted by molar-refractivity contribution is 5.97. The molecule has 0 bridgehead atoms. The van der Waals surface area contributed by atoms with E-state index in [0.717, 1.165) is 5.56 Å². The van der Waals surface area contributed by atoms with Crippen molar-refractivity contribution < 1.29 is 19.1 Å². The van der Waals surface area contributed by atoms with Crippen LogP contribution in [-0.2, 0) is 16.1 Å². The molecule has 0 atom stereocenters. The van der Waals surface area contributed by atoms with Gasteiger partial charge in [-0.2, -0.15) is 0 Å². The number of benzene rings is 1. The number of rotatable bonds is 7. The summed E-state index contributed by atoms with van der Waals surface area (Å²) in [6.45, 7) is 1.88. The molecule has 0 saturated heterocycles. The van der Waals surface area contributed by atoms with Gasteiger partial charge in [-0.3, -0.25) is 18.8 Å². The van der Waals surface area contributed by atoms with E-state index in [0.29, 0.717) is 22.7 Å². The highest BCUT2D eigenvalue weighted by Crippen LogP contribution is 2.16. The number of carbonyl (C=O) groups excluding carboxylic acids is 2. The topological polar surface area (TPSA) is 99.0 Å². The number of hydrogen-bond acceptors (Lipinski definition) is 6. The first-order valence-electron chi connectivity index (χ1n) is 9.03. The van der Waals surface area contributed by atoms with Crippen molar-refractivity contribution >= 4 is 17.5 Å². The Morgan fingerprint density at radius 2 is 1.97 bits per heavy atom. The van der Waals surface area contributed by atoms with Crippen LogP contribution in [-0.4, -0.2) is 34.9 Å². The van der Waals surface area contributed by atoms with E-state index in [1.165, 1.54) is 17.6 Å². The van der Waals surface area contributed by atoms with Gasteiger partial charge >= 0.3 is 5.97 Å². The number of hydrogen-bond donors (Lipinski definition) is 1. The summed E-state index contributed by atoms with van der Waals surface area (Å²) in [5.41, 5.74) is 1.94. The molecule has 3 rings (SSSR count). The van der Waals surface area contributed by atoms with Crippen LogP contribution in [0.1, 0.15) is 28.0 Å². The minimum Gasteiger partial charge on any atom is -0.496 e. The lowest BCUT2D eigenvalue weighted by molar-refractivity contribution is -0.144. The normalized spacial score (nSPS) is 10.6. The molecule has 8 nitrogen and oxygen atoms in total. The summed E-state index contributed by atoms with van der Waals surface area (Å²) < 4.78 is 11.7. The minimum atomic E-state index is -0.503. The highest BCUT2D eigenvalue weighted by atomic mass is 16.5. The maximum atomic E-state index is 12.2. The number of amides is 1. The molecular weight excluding hydrogens is 374 g/mol. The van der Waals surface area contributed by atoms with E-state index in [9.17, 15) is 14.4 Å². The lowest BCUT2D eigenvalue weighted by Gasteiger charge is -2.09. The number of ether oxygens (including phenoxy) is 2. The number of esters is 1. The van der Waals surface area contributed by atoms with E-state index in [1.54, 1.807) is 36.5 Å². The van der Waals surface area contributed by atoms with Crippen molar-refractivity contribution in [1.82, 2.24) is 14.7 Å². The molecule has 1 N–H and O–H groups in total. The predicted octanol–water partition coefficient (Wildman–Crippen LogP) is 1.87. The fourth-order valence-corrected chi connectivity index (χ4v) is 2.76. The molecule has 3 aromatic rings. The van der Waals surface area contributed by atoms with Crippen molar-refractivity contribution in [3.63, 3.8) is 0 Å². The van der Waals surface area contributed by atoms with Gasteiger partial charge in [-0.25, -0.2) is 4.98 Å². The van der Waals surface area contributed by atoms with Crippen LogP contribution in [0, 0.1) is 6.92 Å². The Bertz CT molecular complexity index is 1110. The average molecular weight is 395 g/mol. The monoisotopic (exact) mass is 395 g/mol. The van der Waals surface area contributed by atoms with Gasteiger partial charge in [0.2, 0.25) is 0 Å². The number of fused-ring (bicyclic) bond motifs is 1. The number of nitrogens with zero attached hydrogens (tertiary/aromatic N) is 2. The van der Waals surface area contributed by atoms with Crippen LogP contribution in [0.2, 0.25) is 0 Å². The quantitative estimate of drug-likeness (QED) is 0.613. The molecule has 29 heavy (non-hydrogen) atoms. The minimum absolute atomic E-state index is 0.00729. The van der Waals surface area contributed by atoms with Crippen molar-refractivity contribution in [2.45, 2.75) is 20.0 Å². The fourth-order valence-electron chi connectivity index (χ4n) is 2.76. The van der Waals surface area contributed by atoms with Gasteiger partial charge in [0.05, 0.1) is 24.8 Å². The van der Waals surface area contributed by atoms with E-state index < -0.39 is 5.97 Å². The van der Waals surface area contributed by atoms with Crippen molar-refractivity contribution in [2.75, 3.05) is 13.7 Å². The summed E-state index contributed by atoms with van der Waals surface area (Å²) in [4.78, 5) is 40.6. The Morgan fingerprint density at radius 3 is 2.76 bits per heavy atom. The van der Waals surface area contributed by atoms with E-state index in [-0.39, 0.29) is 31.0 Å². The van der Waals surface area contributed by atoms with Gasteiger partial charge in [-0.15, -0.1) is 0 Å². The van der Waals surface area contributed by atoms with Gasteiger partial charge in [0, 0.05) is 18.8 Å². The molecular formula is C21H21N3O5. The molecule has 0 unspecified atom stereocenters. The number of aromatic nitrogens is 2. The summed E-state index contributed by atoms with van der Waals surface area (Å²) in [5.74, 6) is -0.387.